The van der Waals surface area contributed by atoms with Gasteiger partial charge in [-0.05, 0) is 69.7 Å². The maximum Gasteiger partial charge on any atom is 0.190 e. The maximum atomic E-state index is 4.38. The molecule has 1 saturated heterocycles. The van der Waals surface area contributed by atoms with E-state index in [1.165, 1.54) is 64.5 Å². The second-order valence-corrected chi connectivity index (χ2v) is 7.72. The number of rotatable bonds is 7. The summed E-state index contributed by atoms with van der Waals surface area (Å²) in [6.07, 6.45) is 11.1. The lowest BCUT2D eigenvalue weighted by Gasteiger charge is -2.33. The number of piperidine rings is 1. The van der Waals surface area contributed by atoms with Crippen molar-refractivity contribution in [1.29, 1.82) is 0 Å². The van der Waals surface area contributed by atoms with Gasteiger partial charge in [0.1, 0.15) is 0 Å². The predicted octanol–water partition coefficient (Wildman–Crippen LogP) is 2.61. The van der Waals surface area contributed by atoms with Crippen LogP contribution in [0.2, 0.25) is 0 Å². The van der Waals surface area contributed by atoms with Gasteiger partial charge < -0.3 is 15.5 Å². The summed E-state index contributed by atoms with van der Waals surface area (Å²) in [5, 5.41) is 7.06. The second kappa shape index (κ2) is 7.20. The topological polar surface area (TPSA) is 39.7 Å². The summed E-state index contributed by atoms with van der Waals surface area (Å²) >= 11 is 0. The number of nitrogens with one attached hydrogen (secondary N) is 2. The van der Waals surface area contributed by atoms with Gasteiger partial charge in [0, 0.05) is 32.7 Å². The molecule has 126 valence electrons. The molecule has 0 aromatic carbocycles. The Bertz CT molecular complexity index is 385. The highest BCUT2D eigenvalue weighted by Crippen LogP contribution is 2.60. The third kappa shape index (κ3) is 4.15. The maximum absolute atomic E-state index is 4.38. The van der Waals surface area contributed by atoms with Crippen LogP contribution in [0.4, 0.5) is 0 Å². The molecule has 3 rings (SSSR count). The quantitative estimate of drug-likeness (QED) is 0.431. The van der Waals surface area contributed by atoms with Crippen LogP contribution < -0.4 is 10.6 Å². The van der Waals surface area contributed by atoms with Crippen LogP contribution in [0.1, 0.15) is 58.3 Å². The Balaban J connectivity index is 1.30. The van der Waals surface area contributed by atoms with E-state index in [2.05, 4.69) is 27.4 Å². The van der Waals surface area contributed by atoms with Crippen molar-refractivity contribution in [2.24, 2.45) is 16.3 Å². The monoisotopic (exact) mass is 306 g/mol. The number of hydrogen-bond donors (Lipinski definition) is 2. The molecule has 1 unspecified atom stereocenters. The summed E-state index contributed by atoms with van der Waals surface area (Å²) < 4.78 is 0. The summed E-state index contributed by atoms with van der Waals surface area (Å²) in [4.78, 5) is 7.03. The lowest BCUT2D eigenvalue weighted by atomic mass is 10.0. The van der Waals surface area contributed by atoms with Crippen molar-refractivity contribution in [2.75, 3.05) is 33.2 Å². The highest BCUT2D eigenvalue weighted by Gasteiger charge is 2.53. The number of likely N-dealkylation sites (tertiary alicyclic amines) is 1. The fraction of sp³-hybridized carbons (Fsp3) is 0.944. The Morgan fingerprint density at radius 2 is 2.00 bits per heavy atom. The molecule has 22 heavy (non-hydrogen) atoms. The molecule has 0 amide bonds. The molecule has 0 aromatic heterocycles. The molecule has 4 nitrogen and oxygen atoms in total. The van der Waals surface area contributed by atoms with E-state index >= 15 is 0 Å². The second-order valence-electron chi connectivity index (χ2n) is 7.72. The molecule has 1 aliphatic heterocycles. The van der Waals surface area contributed by atoms with Crippen LogP contribution in [0.25, 0.3) is 0 Å². The van der Waals surface area contributed by atoms with Crippen LogP contribution in [0.3, 0.4) is 0 Å². The molecule has 2 N–H and O–H groups in total. The summed E-state index contributed by atoms with van der Waals surface area (Å²) in [5.74, 6) is 2.01. The summed E-state index contributed by atoms with van der Waals surface area (Å²) in [6, 6.07) is 0.777. The van der Waals surface area contributed by atoms with Gasteiger partial charge >= 0.3 is 0 Å². The fourth-order valence-corrected chi connectivity index (χ4v) is 4.04. The molecule has 4 heteroatoms. The number of hydrogen-bond acceptors (Lipinski definition) is 2. The zero-order valence-corrected chi connectivity index (χ0v) is 14.5. The summed E-state index contributed by atoms with van der Waals surface area (Å²) in [7, 11) is 1.89. The molecule has 1 atom stereocenters. The minimum absolute atomic E-state index is 0.640. The number of guanidine groups is 1. The first-order valence-electron chi connectivity index (χ1n) is 9.42. The molecule has 3 aliphatic rings. The molecule has 1 heterocycles. The molecule has 2 saturated carbocycles. The van der Waals surface area contributed by atoms with Crippen LogP contribution in [0.5, 0.6) is 0 Å². The average molecular weight is 306 g/mol. The van der Waals surface area contributed by atoms with E-state index in [1.54, 1.807) is 0 Å². The SMILES string of the molecule is CN=C(NCCCN1CCCCC1C)NCC1(C2CC2)CC1. The molecule has 3 fully saturated rings. The van der Waals surface area contributed by atoms with Crippen LogP contribution in [-0.4, -0.2) is 50.1 Å². The van der Waals surface area contributed by atoms with E-state index in [1.807, 2.05) is 7.05 Å². The largest absolute Gasteiger partial charge is 0.356 e. The smallest absolute Gasteiger partial charge is 0.190 e. The van der Waals surface area contributed by atoms with Crippen molar-refractivity contribution in [3.63, 3.8) is 0 Å². The predicted molar refractivity (Wildman–Crippen MR) is 93.3 cm³/mol. The van der Waals surface area contributed by atoms with Crippen LogP contribution in [-0.2, 0) is 0 Å². The van der Waals surface area contributed by atoms with Crippen molar-refractivity contribution in [3.05, 3.63) is 0 Å². The average Bonchev–Trinajstić information content (AvgIpc) is 3.40. The molecular formula is C18H34N4. The van der Waals surface area contributed by atoms with Gasteiger partial charge in [0.05, 0.1) is 0 Å². The first-order chi connectivity index (χ1) is 10.7. The van der Waals surface area contributed by atoms with E-state index in [0.29, 0.717) is 5.41 Å². The minimum Gasteiger partial charge on any atom is -0.356 e. The highest BCUT2D eigenvalue weighted by atomic mass is 15.2. The van der Waals surface area contributed by atoms with Crippen molar-refractivity contribution in [3.8, 4) is 0 Å². The molecule has 0 spiro atoms. The van der Waals surface area contributed by atoms with E-state index < -0.39 is 0 Å². The van der Waals surface area contributed by atoms with E-state index in [0.717, 1.165) is 31.0 Å². The Hall–Kier alpha value is -0.770. The van der Waals surface area contributed by atoms with Crippen molar-refractivity contribution >= 4 is 5.96 Å². The lowest BCUT2D eigenvalue weighted by Crippen LogP contribution is -2.43. The Morgan fingerprint density at radius 1 is 1.18 bits per heavy atom. The van der Waals surface area contributed by atoms with Crippen molar-refractivity contribution in [1.82, 2.24) is 15.5 Å². The normalized spacial score (nSPS) is 28.5. The molecule has 0 bridgehead atoms. The number of aliphatic imine (C=N–C) groups is 1. The van der Waals surface area contributed by atoms with Gasteiger partial charge in [-0.15, -0.1) is 0 Å². The fourth-order valence-electron chi connectivity index (χ4n) is 4.04. The van der Waals surface area contributed by atoms with Gasteiger partial charge in [0.2, 0.25) is 0 Å². The molecule has 2 aliphatic carbocycles. The standard InChI is InChI=1S/C18H34N4/c1-15-6-3-4-12-22(15)13-5-11-20-17(19-2)21-14-18(9-10-18)16-7-8-16/h15-16H,3-14H2,1-2H3,(H2,19,20,21). The van der Waals surface area contributed by atoms with Crippen LogP contribution in [0, 0.1) is 11.3 Å². The van der Waals surface area contributed by atoms with E-state index in [-0.39, 0.29) is 0 Å². The minimum atomic E-state index is 0.640. The molecule has 0 radical (unpaired) electrons. The number of nitrogens with zero attached hydrogens (tertiary/aromatic N) is 2. The van der Waals surface area contributed by atoms with Crippen LogP contribution >= 0.6 is 0 Å². The van der Waals surface area contributed by atoms with Gasteiger partial charge in [-0.25, -0.2) is 0 Å². The van der Waals surface area contributed by atoms with E-state index in [4.69, 9.17) is 0 Å². The van der Waals surface area contributed by atoms with Gasteiger partial charge in [0.15, 0.2) is 5.96 Å². The van der Waals surface area contributed by atoms with Crippen LogP contribution in [0.15, 0.2) is 4.99 Å². The summed E-state index contributed by atoms with van der Waals surface area (Å²) in [6.45, 7) is 7.04. The third-order valence-corrected chi connectivity index (χ3v) is 6.02. The zero-order valence-electron chi connectivity index (χ0n) is 14.5. The first-order valence-corrected chi connectivity index (χ1v) is 9.42. The Kier molecular flexibility index (Phi) is 5.27. The Labute approximate surface area is 136 Å². The van der Waals surface area contributed by atoms with Crippen molar-refractivity contribution in [2.45, 2.75) is 64.3 Å². The van der Waals surface area contributed by atoms with Gasteiger partial charge in [0.25, 0.3) is 0 Å². The van der Waals surface area contributed by atoms with E-state index in [9.17, 15) is 0 Å². The van der Waals surface area contributed by atoms with Gasteiger partial charge in [-0.1, -0.05) is 6.42 Å². The van der Waals surface area contributed by atoms with Crippen molar-refractivity contribution < 1.29 is 0 Å². The van der Waals surface area contributed by atoms with Gasteiger partial charge in [-0.3, -0.25) is 4.99 Å². The summed E-state index contributed by atoms with van der Waals surface area (Å²) in [5.41, 5.74) is 0.640. The lowest BCUT2D eigenvalue weighted by molar-refractivity contribution is 0.159. The Morgan fingerprint density at radius 3 is 2.64 bits per heavy atom. The first kappa shape index (κ1) is 16.1. The zero-order chi connectivity index (χ0) is 15.4. The van der Waals surface area contributed by atoms with Gasteiger partial charge in [-0.2, -0.15) is 0 Å². The molecule has 0 aromatic rings. The highest BCUT2D eigenvalue weighted by molar-refractivity contribution is 5.79. The molecular weight excluding hydrogens is 272 g/mol. The third-order valence-electron chi connectivity index (χ3n) is 6.02.